The molecule has 0 spiro atoms. The average molecular weight is 501 g/mol. The molecule has 0 radical (unpaired) electrons. The predicted octanol–water partition coefficient (Wildman–Crippen LogP) is 5.60. The van der Waals surface area contributed by atoms with Crippen LogP contribution in [0.15, 0.2) is 65.1 Å². The van der Waals surface area contributed by atoms with Crippen molar-refractivity contribution in [3.8, 4) is 11.5 Å². The molecule has 168 valence electrons. The first-order valence-electron chi connectivity index (χ1n) is 10.3. The van der Waals surface area contributed by atoms with Crippen LogP contribution in [-0.2, 0) is 17.9 Å². The van der Waals surface area contributed by atoms with Gasteiger partial charge in [-0.05, 0) is 77.3 Å². The van der Waals surface area contributed by atoms with Gasteiger partial charge in [-0.1, -0.05) is 29.8 Å². The molecule has 32 heavy (non-hydrogen) atoms. The van der Waals surface area contributed by atoms with E-state index in [2.05, 4.69) is 26.6 Å². The highest BCUT2D eigenvalue weighted by Gasteiger charge is 2.14. The predicted molar refractivity (Wildman–Crippen MR) is 128 cm³/mol. The summed E-state index contributed by atoms with van der Waals surface area (Å²) in [5.74, 6) is 0.534. The van der Waals surface area contributed by atoms with Gasteiger partial charge in [-0.15, -0.1) is 0 Å². The Balaban J connectivity index is 1.60. The maximum atomic E-state index is 13.0. The smallest absolute Gasteiger partial charge is 0.262 e. The summed E-state index contributed by atoms with van der Waals surface area (Å²) in [5, 5.41) is 6.15. The molecule has 5 nitrogen and oxygen atoms in total. The molecular formula is C25H26BrFN2O3. The molecule has 0 aliphatic heterocycles. The minimum atomic E-state index is -0.256. The maximum Gasteiger partial charge on any atom is 0.262 e. The fraction of sp³-hybridized carbons (Fsp3) is 0.240. The number of rotatable bonds is 10. The zero-order valence-corrected chi connectivity index (χ0v) is 19.7. The molecule has 0 saturated heterocycles. The minimum Gasteiger partial charge on any atom is -0.490 e. The molecular weight excluding hydrogens is 475 g/mol. The maximum absolute atomic E-state index is 13.0. The molecule has 0 atom stereocenters. The Kier molecular flexibility index (Phi) is 8.64. The van der Waals surface area contributed by atoms with E-state index in [0.29, 0.717) is 35.7 Å². The van der Waals surface area contributed by atoms with E-state index in [-0.39, 0.29) is 18.3 Å². The summed E-state index contributed by atoms with van der Waals surface area (Å²) in [6.07, 6.45) is 0. The third-order valence-electron chi connectivity index (χ3n) is 4.62. The van der Waals surface area contributed by atoms with Gasteiger partial charge >= 0.3 is 0 Å². The van der Waals surface area contributed by atoms with Gasteiger partial charge in [0.05, 0.1) is 11.1 Å². The topological polar surface area (TPSA) is 59.6 Å². The highest BCUT2D eigenvalue weighted by Crippen LogP contribution is 2.37. The van der Waals surface area contributed by atoms with Gasteiger partial charge in [-0.25, -0.2) is 4.39 Å². The van der Waals surface area contributed by atoms with Crippen molar-refractivity contribution in [2.45, 2.75) is 26.9 Å². The standard InChI is InChI=1S/C25H26BrFN2O3/c1-3-31-23-13-19(15-28-14-18-6-8-20(27)9-7-18)12-22(26)25(23)32-16-24(30)29-21-10-4-17(2)5-11-21/h4-13,28H,3,14-16H2,1-2H3,(H,29,30). The number of halogens is 2. The zero-order valence-electron chi connectivity index (χ0n) is 18.1. The van der Waals surface area contributed by atoms with E-state index in [1.165, 1.54) is 12.1 Å². The van der Waals surface area contributed by atoms with Crippen molar-refractivity contribution in [1.29, 1.82) is 0 Å². The lowest BCUT2D eigenvalue weighted by Crippen LogP contribution is -2.20. The number of carbonyl (C=O) groups is 1. The third-order valence-corrected chi connectivity index (χ3v) is 5.21. The lowest BCUT2D eigenvalue weighted by atomic mass is 10.2. The van der Waals surface area contributed by atoms with Crippen molar-refractivity contribution in [3.05, 3.63) is 87.6 Å². The molecule has 3 aromatic carbocycles. The summed E-state index contributed by atoms with van der Waals surface area (Å²) in [6, 6.07) is 17.8. The van der Waals surface area contributed by atoms with Gasteiger partial charge in [-0.2, -0.15) is 0 Å². The largest absolute Gasteiger partial charge is 0.490 e. The van der Waals surface area contributed by atoms with Gasteiger partial charge in [0.15, 0.2) is 18.1 Å². The summed E-state index contributed by atoms with van der Waals surface area (Å²) in [4.78, 5) is 12.3. The van der Waals surface area contributed by atoms with Crippen LogP contribution < -0.4 is 20.1 Å². The van der Waals surface area contributed by atoms with Crippen LogP contribution in [0, 0.1) is 12.7 Å². The van der Waals surface area contributed by atoms with E-state index in [9.17, 15) is 9.18 Å². The van der Waals surface area contributed by atoms with Crippen molar-refractivity contribution < 1.29 is 18.7 Å². The van der Waals surface area contributed by atoms with Crippen molar-refractivity contribution in [2.75, 3.05) is 18.5 Å². The lowest BCUT2D eigenvalue weighted by molar-refractivity contribution is -0.118. The molecule has 0 aliphatic rings. The number of anilines is 1. The van der Waals surface area contributed by atoms with E-state index in [4.69, 9.17) is 9.47 Å². The number of hydrogen-bond acceptors (Lipinski definition) is 4. The van der Waals surface area contributed by atoms with Gasteiger partial charge < -0.3 is 20.1 Å². The number of aryl methyl sites for hydroxylation is 1. The molecule has 3 aromatic rings. The molecule has 0 aromatic heterocycles. The fourth-order valence-corrected chi connectivity index (χ4v) is 3.66. The summed E-state index contributed by atoms with van der Waals surface area (Å²) >= 11 is 3.53. The Hall–Kier alpha value is -2.90. The summed E-state index contributed by atoms with van der Waals surface area (Å²) in [7, 11) is 0. The zero-order chi connectivity index (χ0) is 22.9. The summed E-state index contributed by atoms with van der Waals surface area (Å²) in [6.45, 7) is 5.40. The SMILES string of the molecule is CCOc1cc(CNCc2ccc(F)cc2)cc(Br)c1OCC(=O)Nc1ccc(C)cc1. The second-order valence-electron chi connectivity index (χ2n) is 7.27. The van der Waals surface area contributed by atoms with Crippen molar-refractivity contribution in [2.24, 2.45) is 0 Å². The Bertz CT molecular complexity index is 1040. The second kappa shape index (κ2) is 11.6. The van der Waals surface area contributed by atoms with Gasteiger partial charge in [0.2, 0.25) is 0 Å². The van der Waals surface area contributed by atoms with E-state index in [0.717, 1.165) is 22.4 Å². The van der Waals surface area contributed by atoms with E-state index >= 15 is 0 Å². The second-order valence-corrected chi connectivity index (χ2v) is 8.13. The third kappa shape index (κ3) is 7.07. The van der Waals surface area contributed by atoms with Crippen LogP contribution in [0.1, 0.15) is 23.6 Å². The van der Waals surface area contributed by atoms with Gasteiger partial charge in [0.1, 0.15) is 5.82 Å². The monoisotopic (exact) mass is 500 g/mol. The van der Waals surface area contributed by atoms with Crippen molar-refractivity contribution in [3.63, 3.8) is 0 Å². The van der Waals surface area contributed by atoms with Crippen LogP contribution in [-0.4, -0.2) is 19.1 Å². The van der Waals surface area contributed by atoms with Gasteiger partial charge in [0.25, 0.3) is 5.91 Å². The molecule has 0 saturated carbocycles. The number of benzene rings is 3. The van der Waals surface area contributed by atoms with Crippen molar-refractivity contribution >= 4 is 27.5 Å². The Morgan fingerprint density at radius 3 is 2.34 bits per heavy atom. The first-order valence-corrected chi connectivity index (χ1v) is 11.1. The molecule has 0 aliphatic carbocycles. The first-order chi connectivity index (χ1) is 15.4. The Labute approximate surface area is 196 Å². The number of ether oxygens (including phenoxy) is 2. The Morgan fingerprint density at radius 2 is 1.66 bits per heavy atom. The first kappa shape index (κ1) is 23.8. The van der Waals surface area contributed by atoms with Crippen LogP contribution in [0.5, 0.6) is 11.5 Å². The van der Waals surface area contributed by atoms with Gasteiger partial charge in [-0.3, -0.25) is 4.79 Å². The van der Waals surface area contributed by atoms with Crippen molar-refractivity contribution in [1.82, 2.24) is 5.32 Å². The normalized spacial score (nSPS) is 10.6. The fourth-order valence-electron chi connectivity index (χ4n) is 3.05. The Morgan fingerprint density at radius 1 is 0.969 bits per heavy atom. The number of amides is 1. The lowest BCUT2D eigenvalue weighted by Gasteiger charge is -2.16. The summed E-state index contributed by atoms with van der Waals surface area (Å²) < 4.78 is 25.3. The summed E-state index contributed by atoms with van der Waals surface area (Å²) in [5.41, 5.74) is 3.82. The molecule has 0 unspecified atom stereocenters. The number of hydrogen-bond donors (Lipinski definition) is 2. The van der Waals surface area contributed by atoms with Crippen LogP contribution in [0.25, 0.3) is 0 Å². The van der Waals surface area contributed by atoms with E-state index in [1.54, 1.807) is 12.1 Å². The van der Waals surface area contributed by atoms with Gasteiger partial charge in [0, 0.05) is 18.8 Å². The molecule has 7 heteroatoms. The molecule has 0 heterocycles. The molecule has 0 fully saturated rings. The van der Waals surface area contributed by atoms with Crippen LogP contribution >= 0.6 is 15.9 Å². The molecule has 1 amide bonds. The minimum absolute atomic E-state index is 0.144. The number of carbonyl (C=O) groups excluding carboxylic acids is 1. The molecule has 0 bridgehead atoms. The molecule has 2 N–H and O–H groups in total. The highest BCUT2D eigenvalue weighted by molar-refractivity contribution is 9.10. The van der Waals surface area contributed by atoms with Crippen LogP contribution in [0.3, 0.4) is 0 Å². The molecule has 3 rings (SSSR count). The highest BCUT2D eigenvalue weighted by atomic mass is 79.9. The van der Waals surface area contributed by atoms with E-state index in [1.807, 2.05) is 50.2 Å². The quantitative estimate of drug-likeness (QED) is 0.380. The van der Waals surface area contributed by atoms with Crippen LogP contribution in [0.4, 0.5) is 10.1 Å². The average Bonchev–Trinajstić information content (AvgIpc) is 2.76. The van der Waals surface area contributed by atoms with E-state index < -0.39 is 0 Å². The van der Waals surface area contributed by atoms with Crippen LogP contribution in [0.2, 0.25) is 0 Å². The number of nitrogens with one attached hydrogen (secondary N) is 2.